The Balaban J connectivity index is 1.50. The normalized spacial score (nSPS) is 22.0. The average molecular weight is 469 g/mol. The molecule has 33 heavy (non-hydrogen) atoms. The molecule has 5 rings (SSSR count). The highest BCUT2D eigenvalue weighted by molar-refractivity contribution is 7.91. The second-order valence-electron chi connectivity index (χ2n) is 8.43. The number of morpholine rings is 1. The Kier molecular flexibility index (Phi) is 5.17. The van der Waals surface area contributed by atoms with E-state index in [0.717, 1.165) is 5.56 Å². The molecule has 11 heteroatoms. The van der Waals surface area contributed by atoms with Crippen LogP contribution >= 0.6 is 0 Å². The number of nitrogens with two attached hydrogens (primary N) is 1. The first-order valence-corrected chi connectivity index (χ1v) is 12.5. The van der Waals surface area contributed by atoms with Crippen molar-refractivity contribution in [3.8, 4) is 11.3 Å². The first-order valence-electron chi connectivity index (χ1n) is 10.6. The van der Waals surface area contributed by atoms with Crippen molar-refractivity contribution in [2.45, 2.75) is 12.0 Å². The van der Waals surface area contributed by atoms with Gasteiger partial charge in [-0.3, -0.25) is 4.79 Å². The van der Waals surface area contributed by atoms with Gasteiger partial charge in [0.25, 0.3) is 5.91 Å². The molecule has 0 bridgehead atoms. The molecule has 0 aliphatic carbocycles. The Labute approximate surface area is 191 Å². The van der Waals surface area contributed by atoms with Crippen molar-refractivity contribution in [1.82, 2.24) is 20.3 Å². The van der Waals surface area contributed by atoms with Gasteiger partial charge in [0.05, 0.1) is 35.7 Å². The van der Waals surface area contributed by atoms with Crippen molar-refractivity contribution in [3.63, 3.8) is 0 Å². The number of hydrogen-bond acceptors (Lipinski definition) is 9. The molecular formula is C22H24N6O4S. The van der Waals surface area contributed by atoms with Crippen molar-refractivity contribution in [3.05, 3.63) is 42.0 Å². The number of ether oxygens (including phenoxy) is 1. The van der Waals surface area contributed by atoms with Crippen molar-refractivity contribution in [2.75, 3.05) is 48.9 Å². The number of nitrogens with one attached hydrogen (secondary N) is 1. The summed E-state index contributed by atoms with van der Waals surface area (Å²) in [5.41, 5.74) is 7.88. The Bertz CT molecular complexity index is 1360. The molecule has 1 aromatic carbocycles. The lowest BCUT2D eigenvalue weighted by Crippen LogP contribution is -2.53. The minimum absolute atomic E-state index is 0.00361. The number of hydrogen-bond donors (Lipinski definition) is 2. The topological polar surface area (TPSA) is 140 Å². The van der Waals surface area contributed by atoms with Crippen LogP contribution in [0.3, 0.4) is 0 Å². The number of amides is 1. The van der Waals surface area contributed by atoms with E-state index in [9.17, 15) is 13.2 Å². The summed E-state index contributed by atoms with van der Waals surface area (Å²) in [6.07, 6.45) is 0.457. The molecule has 2 aliphatic rings. The summed E-state index contributed by atoms with van der Waals surface area (Å²) in [6.45, 7) is 1.29. The molecule has 1 spiro atoms. The highest BCUT2D eigenvalue weighted by atomic mass is 32.2. The minimum atomic E-state index is -3.11. The molecule has 2 fully saturated rings. The van der Waals surface area contributed by atoms with Crippen LogP contribution < -0.4 is 16.0 Å². The molecule has 3 N–H and O–H groups in total. The van der Waals surface area contributed by atoms with Crippen molar-refractivity contribution in [2.24, 2.45) is 0 Å². The molecule has 3 aromatic rings. The van der Waals surface area contributed by atoms with Gasteiger partial charge in [-0.1, -0.05) is 12.1 Å². The summed E-state index contributed by atoms with van der Waals surface area (Å²) < 4.78 is 30.0. The Morgan fingerprint density at radius 1 is 1.21 bits per heavy atom. The van der Waals surface area contributed by atoms with E-state index in [1.54, 1.807) is 25.2 Å². The number of nitrogens with zero attached hydrogens (tertiary/aromatic N) is 4. The SMILES string of the molecule is CNC(=O)c1cccc(-c2ccc3c(N)nc(N4CCO[C@]5(CCS(=O)(=O)C5)C4)nc3n2)c1. The lowest BCUT2D eigenvalue weighted by molar-refractivity contribution is -0.0363. The van der Waals surface area contributed by atoms with E-state index in [-0.39, 0.29) is 17.4 Å². The fourth-order valence-electron chi connectivity index (χ4n) is 4.43. The Morgan fingerprint density at radius 2 is 2.06 bits per heavy atom. The van der Waals surface area contributed by atoms with E-state index in [0.29, 0.717) is 60.2 Å². The van der Waals surface area contributed by atoms with Gasteiger partial charge in [-0.2, -0.15) is 9.97 Å². The number of nitrogen functional groups attached to an aromatic ring is 1. The number of fused-ring (bicyclic) bond motifs is 1. The summed E-state index contributed by atoms with van der Waals surface area (Å²) >= 11 is 0. The predicted octanol–water partition coefficient (Wildman–Crippen LogP) is 1.03. The van der Waals surface area contributed by atoms with Gasteiger partial charge in [-0.25, -0.2) is 13.4 Å². The standard InChI is InChI=1S/C22H24N6O4S/c1-24-20(29)15-4-2-3-14(11-15)17-6-5-16-18(23)26-21(27-19(16)25-17)28-8-9-32-22(12-28)7-10-33(30,31)13-22/h2-6,11H,7-10,12-13H2,1H3,(H,24,29)(H2,23,25,26,27)/t22-/m1/s1. The zero-order valence-electron chi connectivity index (χ0n) is 18.1. The van der Waals surface area contributed by atoms with Crippen LogP contribution in [0.1, 0.15) is 16.8 Å². The summed E-state index contributed by atoms with van der Waals surface area (Å²) in [5.74, 6) is 0.649. The number of carbonyl (C=O) groups excluding carboxylic acids is 1. The van der Waals surface area contributed by atoms with Crippen molar-refractivity contribution in [1.29, 1.82) is 0 Å². The fourth-order valence-corrected chi connectivity index (χ4v) is 6.38. The van der Waals surface area contributed by atoms with Gasteiger partial charge in [0.2, 0.25) is 5.95 Å². The molecule has 10 nitrogen and oxygen atoms in total. The van der Waals surface area contributed by atoms with Crippen LogP contribution in [0.15, 0.2) is 36.4 Å². The lowest BCUT2D eigenvalue weighted by Gasteiger charge is -2.39. The third kappa shape index (κ3) is 4.09. The van der Waals surface area contributed by atoms with Crippen LogP contribution in [0.25, 0.3) is 22.3 Å². The number of carbonyl (C=O) groups is 1. The van der Waals surface area contributed by atoms with Crippen LogP contribution in [0.4, 0.5) is 11.8 Å². The third-order valence-electron chi connectivity index (χ3n) is 6.11. The molecule has 2 saturated heterocycles. The zero-order valence-corrected chi connectivity index (χ0v) is 18.9. The summed E-state index contributed by atoms with van der Waals surface area (Å²) in [5, 5.41) is 3.24. The zero-order chi connectivity index (χ0) is 23.2. The quantitative estimate of drug-likeness (QED) is 0.576. The number of anilines is 2. The maximum atomic E-state index is 12.0. The van der Waals surface area contributed by atoms with E-state index in [2.05, 4.69) is 20.3 Å². The first-order chi connectivity index (χ1) is 15.8. The van der Waals surface area contributed by atoms with Crippen LogP contribution in [0.5, 0.6) is 0 Å². The van der Waals surface area contributed by atoms with Gasteiger partial charge in [0.15, 0.2) is 15.5 Å². The Morgan fingerprint density at radius 3 is 2.82 bits per heavy atom. The monoisotopic (exact) mass is 468 g/mol. The first kappa shape index (κ1) is 21.5. The third-order valence-corrected chi connectivity index (χ3v) is 7.90. The molecule has 4 heterocycles. The molecule has 172 valence electrons. The molecular weight excluding hydrogens is 444 g/mol. The summed E-state index contributed by atoms with van der Waals surface area (Å²) in [4.78, 5) is 27.7. The smallest absolute Gasteiger partial charge is 0.251 e. The van der Waals surface area contributed by atoms with Gasteiger partial charge in [-0.15, -0.1) is 0 Å². The molecule has 2 aromatic heterocycles. The Hall–Kier alpha value is -3.31. The largest absolute Gasteiger partial charge is 0.383 e. The van der Waals surface area contributed by atoms with Gasteiger partial charge < -0.3 is 20.7 Å². The molecule has 0 unspecified atom stereocenters. The highest BCUT2D eigenvalue weighted by Crippen LogP contribution is 2.33. The minimum Gasteiger partial charge on any atom is -0.383 e. The second kappa shape index (κ2) is 7.92. The van der Waals surface area contributed by atoms with E-state index >= 15 is 0 Å². The summed E-state index contributed by atoms with van der Waals surface area (Å²) in [6, 6.07) is 10.8. The van der Waals surface area contributed by atoms with Crippen LogP contribution in [-0.4, -0.2) is 73.1 Å². The second-order valence-corrected chi connectivity index (χ2v) is 10.6. The number of aromatic nitrogens is 3. The number of sulfone groups is 1. The van der Waals surface area contributed by atoms with Gasteiger partial charge >= 0.3 is 0 Å². The van der Waals surface area contributed by atoms with E-state index in [1.807, 2.05) is 23.1 Å². The molecule has 1 amide bonds. The predicted molar refractivity (Wildman–Crippen MR) is 125 cm³/mol. The number of rotatable bonds is 3. The lowest BCUT2D eigenvalue weighted by atomic mass is 10.0. The molecule has 0 saturated carbocycles. The molecule has 2 aliphatic heterocycles. The molecule has 0 radical (unpaired) electrons. The average Bonchev–Trinajstić information content (AvgIpc) is 3.11. The van der Waals surface area contributed by atoms with E-state index < -0.39 is 15.4 Å². The highest BCUT2D eigenvalue weighted by Gasteiger charge is 2.46. The maximum Gasteiger partial charge on any atom is 0.251 e. The van der Waals surface area contributed by atoms with E-state index in [1.165, 1.54) is 0 Å². The summed E-state index contributed by atoms with van der Waals surface area (Å²) in [7, 11) is -1.52. The number of pyridine rings is 1. The van der Waals surface area contributed by atoms with Gasteiger partial charge in [-0.05, 0) is 30.7 Å². The van der Waals surface area contributed by atoms with Crippen LogP contribution in [0.2, 0.25) is 0 Å². The van der Waals surface area contributed by atoms with Crippen LogP contribution in [-0.2, 0) is 14.6 Å². The fraction of sp³-hybridized carbons (Fsp3) is 0.364. The maximum absolute atomic E-state index is 12.0. The molecule has 1 atom stereocenters. The van der Waals surface area contributed by atoms with Gasteiger partial charge in [0.1, 0.15) is 11.4 Å². The van der Waals surface area contributed by atoms with Gasteiger partial charge in [0, 0.05) is 24.7 Å². The number of benzene rings is 1. The van der Waals surface area contributed by atoms with Crippen molar-refractivity contribution >= 4 is 38.5 Å². The van der Waals surface area contributed by atoms with Crippen molar-refractivity contribution < 1.29 is 17.9 Å². The van der Waals surface area contributed by atoms with E-state index in [4.69, 9.17) is 10.5 Å². The van der Waals surface area contributed by atoms with Crippen LogP contribution in [0, 0.1) is 0 Å².